The van der Waals surface area contributed by atoms with Gasteiger partial charge in [-0.15, -0.1) is 0 Å². The Morgan fingerprint density at radius 2 is 1.83 bits per heavy atom. The van der Waals surface area contributed by atoms with Crippen LogP contribution in [-0.2, 0) is 0 Å². The van der Waals surface area contributed by atoms with Gasteiger partial charge >= 0.3 is 0 Å². The van der Waals surface area contributed by atoms with E-state index < -0.39 is 11.7 Å². The Labute approximate surface area is 111 Å². The van der Waals surface area contributed by atoms with Crippen LogP contribution in [0.15, 0.2) is 0 Å². The van der Waals surface area contributed by atoms with E-state index in [9.17, 15) is 10.2 Å². The molecule has 0 saturated heterocycles. The second kappa shape index (κ2) is 4.79. The normalized spacial score (nSPS) is 49.5. The Balaban J connectivity index is 1.56. The third kappa shape index (κ3) is 2.34. The minimum Gasteiger partial charge on any atom is -0.390 e. The number of hydrogen-bond acceptors (Lipinski definition) is 2. The molecule has 3 aliphatic rings. The first-order valence-electron chi connectivity index (χ1n) is 7.97. The molecule has 0 spiro atoms. The molecule has 0 aromatic heterocycles. The number of aliphatic hydroxyl groups is 2. The van der Waals surface area contributed by atoms with Gasteiger partial charge in [0.2, 0.25) is 0 Å². The van der Waals surface area contributed by atoms with Crippen LogP contribution in [0.4, 0.5) is 0 Å². The first kappa shape index (κ1) is 12.9. The van der Waals surface area contributed by atoms with E-state index >= 15 is 0 Å². The molecule has 3 fully saturated rings. The molecule has 0 amide bonds. The van der Waals surface area contributed by atoms with E-state index in [2.05, 4.69) is 6.92 Å². The van der Waals surface area contributed by atoms with Gasteiger partial charge in [0.15, 0.2) is 0 Å². The lowest BCUT2D eigenvalue weighted by Crippen LogP contribution is -2.46. The number of rotatable bonds is 3. The van der Waals surface area contributed by atoms with Crippen molar-refractivity contribution in [1.29, 1.82) is 0 Å². The summed E-state index contributed by atoms with van der Waals surface area (Å²) in [6.45, 7) is 2.25. The smallest absolute Gasteiger partial charge is 0.0905 e. The fourth-order valence-electron chi connectivity index (χ4n) is 4.77. The van der Waals surface area contributed by atoms with Crippen LogP contribution in [0, 0.1) is 23.7 Å². The van der Waals surface area contributed by atoms with Crippen molar-refractivity contribution in [2.45, 2.75) is 76.4 Å². The quantitative estimate of drug-likeness (QED) is 0.810. The van der Waals surface area contributed by atoms with Crippen LogP contribution < -0.4 is 0 Å². The highest BCUT2D eigenvalue weighted by Gasteiger charge is 2.44. The van der Waals surface area contributed by atoms with Gasteiger partial charge in [0.25, 0.3) is 0 Å². The Kier molecular flexibility index (Phi) is 3.44. The van der Waals surface area contributed by atoms with Crippen LogP contribution in [0.3, 0.4) is 0 Å². The average molecular weight is 252 g/mol. The molecule has 4 atom stereocenters. The standard InChI is InChI=1S/C16H28O2/c1-11-4-6-16(18,7-5-11)15(17)10-14-9-12-2-3-13(14)8-12/h11-15,17-18H,2-10H2,1H3. The molecule has 3 saturated carbocycles. The third-order valence-electron chi connectivity index (χ3n) is 6.17. The highest BCUT2D eigenvalue weighted by atomic mass is 16.3. The van der Waals surface area contributed by atoms with Crippen molar-refractivity contribution in [2.75, 3.05) is 0 Å². The summed E-state index contributed by atoms with van der Waals surface area (Å²) < 4.78 is 0. The van der Waals surface area contributed by atoms with E-state index in [1.165, 1.54) is 25.7 Å². The van der Waals surface area contributed by atoms with Gasteiger partial charge in [-0.3, -0.25) is 0 Å². The van der Waals surface area contributed by atoms with Gasteiger partial charge in [0, 0.05) is 0 Å². The minimum absolute atomic E-state index is 0.477. The Hall–Kier alpha value is -0.0800. The maximum atomic E-state index is 10.6. The molecular weight excluding hydrogens is 224 g/mol. The monoisotopic (exact) mass is 252 g/mol. The van der Waals surface area contributed by atoms with Gasteiger partial charge in [-0.05, 0) is 75.0 Å². The number of fused-ring (bicyclic) bond motifs is 2. The van der Waals surface area contributed by atoms with E-state index in [1.54, 1.807) is 0 Å². The van der Waals surface area contributed by atoms with Crippen molar-refractivity contribution in [3.8, 4) is 0 Å². The molecule has 0 aromatic rings. The van der Waals surface area contributed by atoms with Gasteiger partial charge in [0.1, 0.15) is 0 Å². The largest absolute Gasteiger partial charge is 0.390 e. The predicted octanol–water partition coefficient (Wildman–Crippen LogP) is 3.11. The first-order chi connectivity index (χ1) is 8.57. The van der Waals surface area contributed by atoms with Crippen molar-refractivity contribution in [2.24, 2.45) is 23.7 Å². The summed E-state index contributed by atoms with van der Waals surface area (Å²) in [7, 11) is 0. The van der Waals surface area contributed by atoms with Gasteiger partial charge < -0.3 is 10.2 Å². The molecule has 2 N–H and O–H groups in total. The summed E-state index contributed by atoms with van der Waals surface area (Å²) in [5.74, 6) is 3.21. The molecule has 3 rings (SSSR count). The van der Waals surface area contributed by atoms with Crippen LogP contribution in [0.25, 0.3) is 0 Å². The maximum Gasteiger partial charge on any atom is 0.0905 e. The average Bonchev–Trinajstić information content (AvgIpc) is 2.95. The molecule has 104 valence electrons. The molecule has 18 heavy (non-hydrogen) atoms. The van der Waals surface area contributed by atoms with Gasteiger partial charge in [-0.2, -0.15) is 0 Å². The fraction of sp³-hybridized carbons (Fsp3) is 1.00. The Morgan fingerprint density at radius 3 is 2.39 bits per heavy atom. The second-order valence-corrected chi connectivity index (χ2v) is 7.47. The van der Waals surface area contributed by atoms with Gasteiger partial charge in [-0.25, -0.2) is 0 Å². The zero-order valence-electron chi connectivity index (χ0n) is 11.6. The lowest BCUT2D eigenvalue weighted by Gasteiger charge is -2.40. The van der Waals surface area contributed by atoms with Crippen LogP contribution in [-0.4, -0.2) is 21.9 Å². The van der Waals surface area contributed by atoms with Crippen molar-refractivity contribution >= 4 is 0 Å². The van der Waals surface area contributed by atoms with Crippen molar-refractivity contribution in [3.63, 3.8) is 0 Å². The van der Waals surface area contributed by atoms with Crippen LogP contribution in [0.2, 0.25) is 0 Å². The highest BCUT2D eigenvalue weighted by Crippen LogP contribution is 2.51. The minimum atomic E-state index is -0.770. The molecule has 3 aliphatic carbocycles. The molecule has 0 aliphatic heterocycles. The van der Waals surface area contributed by atoms with Crippen LogP contribution in [0.5, 0.6) is 0 Å². The molecule has 0 radical (unpaired) electrons. The SMILES string of the molecule is CC1CCC(O)(C(O)CC2CC3CCC2C3)CC1. The molecule has 4 unspecified atom stereocenters. The van der Waals surface area contributed by atoms with Crippen molar-refractivity contribution < 1.29 is 10.2 Å². The summed E-state index contributed by atoms with van der Waals surface area (Å²) in [6, 6.07) is 0. The van der Waals surface area contributed by atoms with E-state index in [-0.39, 0.29) is 0 Å². The number of hydrogen-bond donors (Lipinski definition) is 2. The lowest BCUT2D eigenvalue weighted by atomic mass is 9.73. The van der Waals surface area contributed by atoms with E-state index in [4.69, 9.17) is 0 Å². The summed E-state index contributed by atoms with van der Waals surface area (Å²) in [5.41, 5.74) is -0.770. The predicted molar refractivity (Wildman–Crippen MR) is 72.1 cm³/mol. The topological polar surface area (TPSA) is 40.5 Å². The summed E-state index contributed by atoms with van der Waals surface area (Å²) >= 11 is 0. The van der Waals surface area contributed by atoms with Crippen LogP contribution >= 0.6 is 0 Å². The zero-order chi connectivity index (χ0) is 12.8. The highest BCUT2D eigenvalue weighted by molar-refractivity contribution is 4.96. The summed E-state index contributed by atoms with van der Waals surface area (Å²) in [6.07, 6.45) is 9.62. The first-order valence-corrected chi connectivity index (χ1v) is 7.97. The maximum absolute atomic E-state index is 10.6. The molecule has 2 heteroatoms. The summed E-state index contributed by atoms with van der Waals surface area (Å²) in [4.78, 5) is 0. The Bertz CT molecular complexity index is 293. The molecule has 0 heterocycles. The Morgan fingerprint density at radius 1 is 1.11 bits per heavy atom. The molecule has 2 nitrogen and oxygen atoms in total. The van der Waals surface area contributed by atoms with Crippen LogP contribution in [0.1, 0.15) is 64.7 Å². The van der Waals surface area contributed by atoms with E-state index in [0.717, 1.165) is 49.9 Å². The number of aliphatic hydroxyl groups excluding tert-OH is 1. The van der Waals surface area contributed by atoms with E-state index in [1.807, 2.05) is 0 Å². The lowest BCUT2D eigenvalue weighted by molar-refractivity contribution is -0.112. The van der Waals surface area contributed by atoms with Gasteiger partial charge in [0.05, 0.1) is 11.7 Å². The van der Waals surface area contributed by atoms with Gasteiger partial charge in [-0.1, -0.05) is 13.3 Å². The molecular formula is C16H28O2. The zero-order valence-corrected chi connectivity index (χ0v) is 11.6. The third-order valence-corrected chi connectivity index (χ3v) is 6.17. The molecule has 2 bridgehead atoms. The molecule has 0 aromatic carbocycles. The van der Waals surface area contributed by atoms with Crippen molar-refractivity contribution in [3.05, 3.63) is 0 Å². The fourth-order valence-corrected chi connectivity index (χ4v) is 4.77. The van der Waals surface area contributed by atoms with Crippen molar-refractivity contribution in [1.82, 2.24) is 0 Å². The summed E-state index contributed by atoms with van der Waals surface area (Å²) in [5, 5.41) is 21.1. The second-order valence-electron chi connectivity index (χ2n) is 7.47. The van der Waals surface area contributed by atoms with E-state index in [0.29, 0.717) is 5.92 Å².